The summed E-state index contributed by atoms with van der Waals surface area (Å²) in [5.41, 5.74) is 0.781. The minimum absolute atomic E-state index is 0.196. The molecule has 0 radical (unpaired) electrons. The molecule has 114 valence electrons. The van der Waals surface area contributed by atoms with E-state index in [9.17, 15) is 14.3 Å². The summed E-state index contributed by atoms with van der Waals surface area (Å²) in [6, 6.07) is 9.85. The normalized spacial score (nSPS) is 15.0. The van der Waals surface area contributed by atoms with Gasteiger partial charge in [0, 0.05) is 32.4 Å². The maximum Gasteiger partial charge on any atom is 0.339 e. The van der Waals surface area contributed by atoms with Crippen LogP contribution in [0.25, 0.3) is 0 Å². The molecule has 1 N–H and O–H groups in total. The number of piperazine rings is 1. The highest BCUT2D eigenvalue weighted by Crippen LogP contribution is 2.23. The van der Waals surface area contributed by atoms with Crippen LogP contribution in [0.1, 0.15) is 10.4 Å². The van der Waals surface area contributed by atoms with Crippen LogP contribution < -0.4 is 9.80 Å². The van der Waals surface area contributed by atoms with E-state index in [1.807, 2.05) is 15.9 Å². The fraction of sp³-hybridized carbons (Fsp3) is 0.250. The summed E-state index contributed by atoms with van der Waals surface area (Å²) >= 11 is 0. The first-order valence-corrected chi connectivity index (χ1v) is 7.09. The standard InChI is InChI=1S/C16H16FN3O2/c17-13-5-1-2-6-14(13)19-8-10-20(11-9-19)15-12(16(21)22)4-3-7-18-15/h1-7H,8-11H2,(H,21,22). The number of anilines is 2. The molecular weight excluding hydrogens is 285 g/mol. The second-order valence-corrected chi connectivity index (χ2v) is 5.11. The summed E-state index contributed by atoms with van der Waals surface area (Å²) in [6.45, 7) is 2.45. The van der Waals surface area contributed by atoms with Crippen molar-refractivity contribution in [2.24, 2.45) is 0 Å². The number of halogens is 1. The van der Waals surface area contributed by atoms with E-state index in [1.54, 1.807) is 30.5 Å². The Labute approximate surface area is 127 Å². The maximum atomic E-state index is 13.8. The highest BCUT2D eigenvalue weighted by molar-refractivity contribution is 5.93. The topological polar surface area (TPSA) is 56.7 Å². The van der Waals surface area contributed by atoms with E-state index in [1.165, 1.54) is 6.07 Å². The molecule has 0 atom stereocenters. The van der Waals surface area contributed by atoms with Crippen molar-refractivity contribution in [3.05, 3.63) is 54.0 Å². The van der Waals surface area contributed by atoms with Gasteiger partial charge in [-0.2, -0.15) is 0 Å². The Balaban J connectivity index is 1.75. The van der Waals surface area contributed by atoms with Crippen LogP contribution in [0.2, 0.25) is 0 Å². The predicted octanol–water partition coefficient (Wildman–Crippen LogP) is 2.25. The molecule has 1 fully saturated rings. The summed E-state index contributed by atoms with van der Waals surface area (Å²) in [4.78, 5) is 19.4. The summed E-state index contributed by atoms with van der Waals surface area (Å²) in [6.07, 6.45) is 1.59. The highest BCUT2D eigenvalue weighted by Gasteiger charge is 2.23. The quantitative estimate of drug-likeness (QED) is 0.942. The minimum Gasteiger partial charge on any atom is -0.478 e. The van der Waals surface area contributed by atoms with E-state index in [-0.39, 0.29) is 11.4 Å². The largest absolute Gasteiger partial charge is 0.478 e. The average molecular weight is 301 g/mol. The molecule has 22 heavy (non-hydrogen) atoms. The van der Waals surface area contributed by atoms with Gasteiger partial charge in [-0.1, -0.05) is 12.1 Å². The lowest BCUT2D eigenvalue weighted by Crippen LogP contribution is -2.47. The van der Waals surface area contributed by atoms with Crippen molar-refractivity contribution in [3.8, 4) is 0 Å². The molecule has 1 saturated heterocycles. The molecule has 2 heterocycles. The van der Waals surface area contributed by atoms with E-state index in [0.29, 0.717) is 37.7 Å². The van der Waals surface area contributed by atoms with Crippen LogP contribution in [-0.2, 0) is 0 Å². The Morgan fingerprint density at radius 1 is 1.05 bits per heavy atom. The van der Waals surface area contributed by atoms with Crippen LogP contribution >= 0.6 is 0 Å². The van der Waals surface area contributed by atoms with Crippen LogP contribution in [0.15, 0.2) is 42.6 Å². The van der Waals surface area contributed by atoms with Crippen molar-refractivity contribution in [1.82, 2.24) is 4.98 Å². The fourth-order valence-electron chi connectivity index (χ4n) is 2.68. The number of nitrogens with zero attached hydrogens (tertiary/aromatic N) is 3. The second kappa shape index (κ2) is 6.01. The van der Waals surface area contributed by atoms with Gasteiger partial charge in [-0.15, -0.1) is 0 Å². The van der Waals surface area contributed by atoms with E-state index in [2.05, 4.69) is 4.98 Å². The smallest absolute Gasteiger partial charge is 0.339 e. The van der Waals surface area contributed by atoms with Gasteiger partial charge in [-0.3, -0.25) is 0 Å². The van der Waals surface area contributed by atoms with Crippen molar-refractivity contribution in [2.45, 2.75) is 0 Å². The van der Waals surface area contributed by atoms with Gasteiger partial charge in [0.05, 0.1) is 5.69 Å². The fourth-order valence-corrected chi connectivity index (χ4v) is 2.68. The van der Waals surface area contributed by atoms with Crippen LogP contribution in [0.5, 0.6) is 0 Å². The van der Waals surface area contributed by atoms with Gasteiger partial charge in [-0.05, 0) is 24.3 Å². The molecule has 0 amide bonds. The first-order chi connectivity index (χ1) is 10.7. The van der Waals surface area contributed by atoms with Crippen molar-refractivity contribution < 1.29 is 14.3 Å². The maximum absolute atomic E-state index is 13.8. The van der Waals surface area contributed by atoms with Crippen molar-refractivity contribution in [1.29, 1.82) is 0 Å². The van der Waals surface area contributed by atoms with Crippen molar-refractivity contribution in [2.75, 3.05) is 36.0 Å². The third-order valence-electron chi connectivity index (χ3n) is 3.79. The van der Waals surface area contributed by atoms with Crippen LogP contribution in [0, 0.1) is 5.82 Å². The molecule has 0 unspecified atom stereocenters. The molecule has 6 heteroatoms. The molecule has 5 nitrogen and oxygen atoms in total. The number of hydrogen-bond donors (Lipinski definition) is 1. The predicted molar refractivity (Wildman–Crippen MR) is 82.0 cm³/mol. The molecule has 1 aromatic carbocycles. The van der Waals surface area contributed by atoms with E-state index in [0.717, 1.165) is 0 Å². The number of carboxylic acids is 1. The molecule has 1 aliphatic rings. The van der Waals surface area contributed by atoms with Gasteiger partial charge in [0.25, 0.3) is 0 Å². The summed E-state index contributed by atoms with van der Waals surface area (Å²) in [5.74, 6) is -0.747. The molecule has 0 aliphatic carbocycles. The lowest BCUT2D eigenvalue weighted by atomic mass is 10.2. The van der Waals surface area contributed by atoms with Crippen LogP contribution in [-0.4, -0.2) is 42.2 Å². The first kappa shape index (κ1) is 14.3. The van der Waals surface area contributed by atoms with Crippen molar-refractivity contribution in [3.63, 3.8) is 0 Å². The number of rotatable bonds is 3. The van der Waals surface area contributed by atoms with Gasteiger partial charge >= 0.3 is 5.97 Å². The van der Waals surface area contributed by atoms with Crippen molar-refractivity contribution >= 4 is 17.5 Å². The molecular formula is C16H16FN3O2. The Hall–Kier alpha value is -2.63. The van der Waals surface area contributed by atoms with Gasteiger partial charge < -0.3 is 14.9 Å². The number of carboxylic acid groups (broad SMARTS) is 1. The zero-order valence-corrected chi connectivity index (χ0v) is 11.9. The number of aromatic nitrogens is 1. The van der Waals surface area contributed by atoms with Gasteiger partial charge in [0.2, 0.25) is 0 Å². The zero-order chi connectivity index (χ0) is 15.5. The number of pyridine rings is 1. The Morgan fingerprint density at radius 3 is 2.41 bits per heavy atom. The summed E-state index contributed by atoms with van der Waals surface area (Å²) < 4.78 is 13.8. The molecule has 1 aromatic heterocycles. The number of benzene rings is 1. The molecule has 0 saturated carbocycles. The third kappa shape index (κ3) is 2.72. The highest BCUT2D eigenvalue weighted by atomic mass is 19.1. The molecule has 0 spiro atoms. The Bertz CT molecular complexity index is 685. The number of hydrogen-bond acceptors (Lipinski definition) is 4. The third-order valence-corrected chi connectivity index (χ3v) is 3.79. The Morgan fingerprint density at radius 2 is 1.73 bits per heavy atom. The second-order valence-electron chi connectivity index (χ2n) is 5.11. The molecule has 2 aromatic rings. The van der Waals surface area contributed by atoms with E-state index < -0.39 is 5.97 Å². The SMILES string of the molecule is O=C(O)c1cccnc1N1CCN(c2ccccc2F)CC1. The van der Waals surface area contributed by atoms with Crippen LogP contribution in [0.3, 0.4) is 0 Å². The molecule has 3 rings (SSSR count). The average Bonchev–Trinajstić information content (AvgIpc) is 2.55. The Kier molecular flexibility index (Phi) is 3.91. The number of carbonyl (C=O) groups is 1. The molecule has 0 bridgehead atoms. The minimum atomic E-state index is -0.986. The summed E-state index contributed by atoms with van der Waals surface area (Å²) in [5, 5.41) is 9.24. The number of para-hydroxylation sites is 1. The lowest BCUT2D eigenvalue weighted by molar-refractivity contribution is 0.0697. The number of aromatic carboxylic acids is 1. The summed E-state index contributed by atoms with van der Waals surface area (Å²) in [7, 11) is 0. The van der Waals surface area contributed by atoms with Gasteiger partial charge in [0.1, 0.15) is 17.2 Å². The van der Waals surface area contributed by atoms with E-state index >= 15 is 0 Å². The van der Waals surface area contributed by atoms with Crippen LogP contribution in [0.4, 0.5) is 15.9 Å². The lowest BCUT2D eigenvalue weighted by Gasteiger charge is -2.37. The van der Waals surface area contributed by atoms with Gasteiger partial charge in [0.15, 0.2) is 0 Å². The monoisotopic (exact) mass is 301 g/mol. The van der Waals surface area contributed by atoms with E-state index in [4.69, 9.17) is 0 Å². The zero-order valence-electron chi connectivity index (χ0n) is 11.9. The first-order valence-electron chi connectivity index (χ1n) is 7.09. The molecule has 1 aliphatic heterocycles. The van der Waals surface area contributed by atoms with Gasteiger partial charge in [-0.25, -0.2) is 14.2 Å².